The van der Waals surface area contributed by atoms with Gasteiger partial charge < -0.3 is 73.6 Å². The summed E-state index contributed by atoms with van der Waals surface area (Å²) in [4.78, 5) is 69.8. The molecule has 0 spiro atoms. The first-order valence-electron chi connectivity index (χ1n) is 19.9. The van der Waals surface area contributed by atoms with Gasteiger partial charge >= 0.3 is 12.1 Å². The van der Waals surface area contributed by atoms with Crippen LogP contribution in [-0.2, 0) is 35.1 Å². The lowest BCUT2D eigenvalue weighted by molar-refractivity contribution is -0.271. The highest BCUT2D eigenvalue weighted by molar-refractivity contribution is 7.20. The molecule has 3 amide bonds. The van der Waals surface area contributed by atoms with Crippen molar-refractivity contribution in [2.24, 2.45) is 0 Å². The number of methoxy groups -OCH3 is 2. The maximum absolute atomic E-state index is 13.4. The van der Waals surface area contributed by atoms with Crippen LogP contribution in [0.3, 0.4) is 0 Å². The molecule has 2 fully saturated rings. The Hall–Kier alpha value is -5.13. The molecule has 20 nitrogen and oxygen atoms in total. The molecule has 0 unspecified atom stereocenters. The van der Waals surface area contributed by atoms with Crippen LogP contribution >= 0.6 is 11.3 Å². The molecule has 5 rings (SSSR count). The molecule has 5 atom stereocenters. The van der Waals surface area contributed by atoms with E-state index < -0.39 is 48.7 Å². The molecule has 5 N–H and O–H groups in total. The van der Waals surface area contributed by atoms with Crippen LogP contribution in [0.25, 0.3) is 10.1 Å². The second kappa shape index (κ2) is 22.8. The number of ketones is 1. The number of carboxylic acids is 1. The Bertz CT molecular complexity index is 1980. The number of hydrogen-bond acceptors (Lipinski definition) is 17. The minimum atomic E-state index is -1.95. The number of Topliss-reactive ketones (excluding diaryl/α,β-unsaturated/α-hetero) is 1. The fraction of sp³-hybridized carbons (Fsp3) is 0.537. The second-order valence-corrected chi connectivity index (χ2v) is 15.8. The first kappa shape index (κ1) is 47.9. The zero-order valence-electron chi connectivity index (χ0n) is 35.0. The van der Waals surface area contributed by atoms with Crippen LogP contribution in [0.1, 0.15) is 38.4 Å². The fourth-order valence-corrected chi connectivity index (χ4v) is 7.54. The van der Waals surface area contributed by atoms with Crippen LogP contribution in [0.2, 0.25) is 0 Å². The highest BCUT2D eigenvalue weighted by atomic mass is 32.1. The Balaban J connectivity index is 1.13. The predicted molar refractivity (Wildman–Crippen MR) is 221 cm³/mol. The van der Waals surface area contributed by atoms with Gasteiger partial charge in [-0.05, 0) is 49.3 Å². The minimum absolute atomic E-state index is 0.00752. The number of aliphatic hydroxyl groups is 3. The number of nitrogens with one attached hydrogen (secondary N) is 1. The van der Waals surface area contributed by atoms with E-state index in [9.17, 15) is 44.4 Å². The van der Waals surface area contributed by atoms with Crippen LogP contribution in [0.5, 0.6) is 17.2 Å². The fourth-order valence-electron chi connectivity index (χ4n) is 6.50. The number of piperazine rings is 1. The zero-order chi connectivity index (χ0) is 44.9. The SMILES string of the molecule is COc1cc2cc(C(=O)CCC(=O)N3CCN(C(=O)OCc4ccc(O[C@@H]5O[C@H](C(=O)O)[C@@H](O)[C@H](O)[C@H]5O)c(C(=O)NCCOCCOCCN(C)C)c4)CC3)sc2cc1OC. The van der Waals surface area contributed by atoms with Gasteiger partial charge in [0.25, 0.3) is 5.91 Å². The summed E-state index contributed by atoms with van der Waals surface area (Å²) < 4.78 is 39.1. The Morgan fingerprint density at radius 1 is 0.823 bits per heavy atom. The van der Waals surface area contributed by atoms with Crippen LogP contribution < -0.4 is 19.5 Å². The van der Waals surface area contributed by atoms with Gasteiger partial charge in [-0.15, -0.1) is 11.3 Å². The summed E-state index contributed by atoms with van der Waals surface area (Å²) >= 11 is 1.31. The van der Waals surface area contributed by atoms with Gasteiger partial charge in [-0.1, -0.05) is 6.07 Å². The predicted octanol–water partition coefficient (Wildman–Crippen LogP) is 0.958. The summed E-state index contributed by atoms with van der Waals surface area (Å²) in [6, 6.07) is 9.55. The van der Waals surface area contributed by atoms with Crippen molar-refractivity contribution in [3.63, 3.8) is 0 Å². The molecule has 21 heteroatoms. The Labute approximate surface area is 361 Å². The average Bonchev–Trinajstić information content (AvgIpc) is 3.69. The molecule has 0 bridgehead atoms. The molecule has 62 heavy (non-hydrogen) atoms. The van der Waals surface area contributed by atoms with Gasteiger partial charge in [-0.25, -0.2) is 9.59 Å². The summed E-state index contributed by atoms with van der Waals surface area (Å²) in [6.45, 7) is 2.73. The third-order valence-corrected chi connectivity index (χ3v) is 11.2. The number of carboxylic acid groups (broad SMARTS) is 1. The largest absolute Gasteiger partial charge is 0.493 e. The third kappa shape index (κ3) is 12.7. The summed E-state index contributed by atoms with van der Waals surface area (Å²) in [7, 11) is 6.93. The number of hydrogen-bond donors (Lipinski definition) is 5. The number of aliphatic carboxylic acids is 1. The Morgan fingerprint density at radius 3 is 2.18 bits per heavy atom. The molecule has 2 aliphatic rings. The molecule has 340 valence electrons. The van der Waals surface area contributed by atoms with Crippen LogP contribution in [0.15, 0.2) is 36.4 Å². The van der Waals surface area contributed by atoms with Crippen LogP contribution in [0, 0.1) is 0 Å². The van der Waals surface area contributed by atoms with E-state index in [-0.39, 0.29) is 81.8 Å². The summed E-state index contributed by atoms with van der Waals surface area (Å²) in [5.41, 5.74) is 0.258. The van der Waals surface area contributed by atoms with E-state index in [4.69, 9.17) is 33.2 Å². The first-order chi connectivity index (χ1) is 29.7. The molecule has 0 aliphatic carbocycles. The van der Waals surface area contributed by atoms with E-state index in [2.05, 4.69) is 5.32 Å². The van der Waals surface area contributed by atoms with Gasteiger partial charge in [0.1, 0.15) is 30.7 Å². The van der Waals surface area contributed by atoms with Crippen molar-refractivity contribution in [1.82, 2.24) is 20.0 Å². The standard InChI is InChI=1S/C41H54N4O16S/c1-43(2)14-16-58-18-17-57-15-9-42-38(51)26-19-24(5-7-28(26)60-40-36(50)34(48)35(49)37(61-40)39(52)53)23-59-41(54)45-12-10-44(11-13-45)33(47)8-6-27(46)32-21-25-20-29(55-3)30(56-4)22-31(25)62-32/h5,7,19-22,34-37,40,48-50H,6,8-18,23H2,1-4H3,(H,42,51)(H,52,53)/t34-,35-,36+,37-,40+/m0/s1. The van der Waals surface area contributed by atoms with Gasteiger partial charge in [0.2, 0.25) is 12.2 Å². The number of thiophene rings is 1. The zero-order valence-corrected chi connectivity index (χ0v) is 35.8. The average molecular weight is 891 g/mol. The number of rotatable bonds is 21. The minimum Gasteiger partial charge on any atom is -0.493 e. The van der Waals surface area contributed by atoms with Crippen molar-refractivity contribution >= 4 is 51.1 Å². The van der Waals surface area contributed by atoms with Crippen molar-refractivity contribution in [2.45, 2.75) is 50.2 Å². The lowest BCUT2D eigenvalue weighted by Crippen LogP contribution is -2.61. The molecular formula is C41H54N4O16S. The number of amides is 3. The molecular weight excluding hydrogens is 837 g/mol. The lowest BCUT2D eigenvalue weighted by atomic mass is 9.99. The summed E-state index contributed by atoms with van der Waals surface area (Å²) in [5.74, 6) is -1.71. The van der Waals surface area contributed by atoms with E-state index in [1.807, 2.05) is 19.0 Å². The quantitative estimate of drug-likeness (QED) is 0.0738. The molecule has 0 radical (unpaired) electrons. The Kier molecular flexibility index (Phi) is 17.6. The smallest absolute Gasteiger partial charge is 0.410 e. The van der Waals surface area contributed by atoms with E-state index in [1.165, 1.54) is 48.7 Å². The van der Waals surface area contributed by atoms with Crippen molar-refractivity contribution in [1.29, 1.82) is 0 Å². The van der Waals surface area contributed by atoms with E-state index in [0.717, 1.165) is 16.6 Å². The van der Waals surface area contributed by atoms with E-state index in [1.54, 1.807) is 23.1 Å². The second-order valence-electron chi connectivity index (χ2n) is 14.7. The maximum atomic E-state index is 13.4. The molecule has 1 aromatic heterocycles. The molecule has 2 saturated heterocycles. The van der Waals surface area contributed by atoms with Gasteiger partial charge in [0.15, 0.2) is 23.4 Å². The molecule has 3 heterocycles. The van der Waals surface area contributed by atoms with Gasteiger partial charge in [-0.2, -0.15) is 0 Å². The van der Waals surface area contributed by atoms with Gasteiger partial charge in [0, 0.05) is 62.9 Å². The highest BCUT2D eigenvalue weighted by Crippen LogP contribution is 2.37. The molecule has 0 saturated carbocycles. The van der Waals surface area contributed by atoms with Gasteiger partial charge in [0.05, 0.1) is 51.1 Å². The highest BCUT2D eigenvalue weighted by Gasteiger charge is 2.48. The number of aliphatic hydroxyl groups excluding tert-OH is 3. The number of benzene rings is 2. The lowest BCUT2D eigenvalue weighted by Gasteiger charge is -2.38. The third-order valence-electron chi connectivity index (χ3n) is 10.0. The monoisotopic (exact) mass is 890 g/mol. The van der Waals surface area contributed by atoms with Crippen molar-refractivity contribution in [3.05, 3.63) is 52.4 Å². The molecule has 2 aliphatic heterocycles. The topological polar surface area (TPSA) is 253 Å². The summed E-state index contributed by atoms with van der Waals surface area (Å²) in [6.07, 6.45) is -10.1. The summed E-state index contributed by atoms with van der Waals surface area (Å²) in [5, 5.41) is 43.9. The molecule has 3 aromatic rings. The first-order valence-corrected chi connectivity index (χ1v) is 20.7. The van der Waals surface area contributed by atoms with E-state index in [0.29, 0.717) is 41.8 Å². The number of ether oxygens (including phenoxy) is 7. The van der Waals surface area contributed by atoms with Crippen LogP contribution in [0.4, 0.5) is 4.79 Å². The van der Waals surface area contributed by atoms with Crippen molar-refractivity contribution in [2.75, 3.05) is 94.0 Å². The van der Waals surface area contributed by atoms with Crippen LogP contribution in [-0.4, -0.2) is 190 Å². The number of likely N-dealkylation sites (N-methyl/N-ethyl adjacent to an activating group) is 1. The van der Waals surface area contributed by atoms with Crippen molar-refractivity contribution < 1.29 is 77.6 Å². The number of carbonyl (C=O) groups excluding carboxylic acids is 4. The normalized spacial score (nSPS) is 20.2. The van der Waals surface area contributed by atoms with Crippen molar-refractivity contribution in [3.8, 4) is 17.2 Å². The number of nitrogens with zero attached hydrogens (tertiary/aromatic N) is 3. The van der Waals surface area contributed by atoms with Gasteiger partial charge in [-0.3, -0.25) is 14.4 Å². The van der Waals surface area contributed by atoms with E-state index >= 15 is 0 Å². The Morgan fingerprint density at radius 2 is 1.50 bits per heavy atom. The number of fused-ring (bicyclic) bond motifs is 1. The maximum Gasteiger partial charge on any atom is 0.410 e. The number of carbonyl (C=O) groups is 5. The molecule has 2 aromatic carbocycles.